The Hall–Kier alpha value is -0.610. The van der Waals surface area contributed by atoms with E-state index < -0.39 is 5.97 Å². The van der Waals surface area contributed by atoms with E-state index in [1.165, 1.54) is 0 Å². The molecule has 0 bridgehead atoms. The van der Waals surface area contributed by atoms with Crippen molar-refractivity contribution in [2.75, 3.05) is 6.54 Å². The highest BCUT2D eigenvalue weighted by Crippen LogP contribution is 2.03. The lowest BCUT2D eigenvalue weighted by molar-refractivity contribution is -0.137. The number of aliphatic carboxylic acids is 1. The molecule has 5 N–H and O–H groups in total. The average molecular weight is 174 g/mol. The van der Waals surface area contributed by atoms with Crippen molar-refractivity contribution in [1.29, 1.82) is 0 Å². The van der Waals surface area contributed by atoms with Gasteiger partial charge in [0.15, 0.2) is 0 Å². The van der Waals surface area contributed by atoms with Crippen molar-refractivity contribution in [3.8, 4) is 0 Å². The molecule has 0 aliphatic heterocycles. The summed E-state index contributed by atoms with van der Waals surface area (Å²) in [6.07, 6.45) is 3.81. The maximum atomic E-state index is 10.1. The van der Waals surface area contributed by atoms with Crippen LogP contribution >= 0.6 is 0 Å². The van der Waals surface area contributed by atoms with Crippen LogP contribution in [0.25, 0.3) is 0 Å². The van der Waals surface area contributed by atoms with Crippen LogP contribution in [0.2, 0.25) is 0 Å². The zero-order valence-corrected chi connectivity index (χ0v) is 7.33. The number of hydrogen-bond acceptors (Lipinski definition) is 3. The van der Waals surface area contributed by atoms with Gasteiger partial charge >= 0.3 is 5.97 Å². The van der Waals surface area contributed by atoms with E-state index in [0.717, 1.165) is 25.7 Å². The second kappa shape index (κ2) is 7.06. The number of unbranched alkanes of at least 4 members (excludes halogenated alkanes) is 2. The fourth-order valence-corrected chi connectivity index (χ4v) is 0.977. The summed E-state index contributed by atoms with van der Waals surface area (Å²) in [6.45, 7) is 0.513. The summed E-state index contributed by atoms with van der Waals surface area (Å²) >= 11 is 0. The maximum absolute atomic E-state index is 10.1. The van der Waals surface area contributed by atoms with Gasteiger partial charge in [-0.2, -0.15) is 0 Å². The number of hydrogen-bond donors (Lipinski definition) is 3. The molecule has 0 aliphatic carbocycles. The highest BCUT2D eigenvalue weighted by atomic mass is 16.4. The Morgan fingerprint density at radius 3 is 2.50 bits per heavy atom. The Kier molecular flexibility index (Phi) is 6.70. The van der Waals surface area contributed by atoms with Gasteiger partial charge in [-0.1, -0.05) is 12.8 Å². The smallest absolute Gasteiger partial charge is 0.303 e. The molecule has 0 heterocycles. The van der Waals surface area contributed by atoms with Gasteiger partial charge in [-0.25, -0.2) is 0 Å². The summed E-state index contributed by atoms with van der Waals surface area (Å²) in [5.41, 5.74) is 10.9. The quantitative estimate of drug-likeness (QED) is 0.484. The molecule has 0 aromatic carbocycles. The fourth-order valence-electron chi connectivity index (χ4n) is 0.977. The maximum Gasteiger partial charge on any atom is 0.303 e. The first kappa shape index (κ1) is 11.4. The zero-order valence-electron chi connectivity index (χ0n) is 7.33. The minimum Gasteiger partial charge on any atom is -0.481 e. The van der Waals surface area contributed by atoms with Gasteiger partial charge in [0.25, 0.3) is 0 Å². The van der Waals surface area contributed by atoms with Crippen LogP contribution < -0.4 is 11.5 Å². The van der Waals surface area contributed by atoms with Crippen molar-refractivity contribution in [3.05, 3.63) is 0 Å². The predicted molar refractivity (Wildman–Crippen MR) is 47.8 cm³/mol. The number of carboxylic acid groups (broad SMARTS) is 1. The van der Waals surface area contributed by atoms with E-state index in [4.69, 9.17) is 16.6 Å². The lowest BCUT2D eigenvalue weighted by Gasteiger charge is -2.06. The number of carboxylic acids is 1. The van der Waals surface area contributed by atoms with E-state index in [1.807, 2.05) is 0 Å². The Bertz CT molecular complexity index is 128. The Labute approximate surface area is 72.9 Å². The first-order valence-electron chi connectivity index (χ1n) is 4.34. The van der Waals surface area contributed by atoms with Gasteiger partial charge in [0.05, 0.1) is 0 Å². The number of carbonyl (C=O) groups is 1. The zero-order chi connectivity index (χ0) is 9.40. The van der Waals surface area contributed by atoms with E-state index in [-0.39, 0.29) is 12.5 Å². The largest absolute Gasteiger partial charge is 0.481 e. The third kappa shape index (κ3) is 7.50. The molecule has 0 unspecified atom stereocenters. The molecule has 72 valence electrons. The van der Waals surface area contributed by atoms with Crippen LogP contribution in [-0.2, 0) is 4.79 Å². The minimum absolute atomic E-state index is 0.0785. The molecule has 0 aliphatic rings. The molecule has 0 aromatic heterocycles. The molecule has 0 aromatic rings. The van der Waals surface area contributed by atoms with E-state index in [1.54, 1.807) is 0 Å². The van der Waals surface area contributed by atoms with Crippen LogP contribution in [0.3, 0.4) is 0 Å². The molecule has 0 radical (unpaired) electrons. The van der Waals surface area contributed by atoms with Crippen LogP contribution in [-0.4, -0.2) is 23.7 Å². The van der Waals surface area contributed by atoms with Crippen LogP contribution in [0.4, 0.5) is 0 Å². The van der Waals surface area contributed by atoms with Crippen molar-refractivity contribution in [3.63, 3.8) is 0 Å². The van der Waals surface area contributed by atoms with E-state index >= 15 is 0 Å². The SMILES string of the molecule is NC[C@H](N)CCCCCC(=O)O. The van der Waals surface area contributed by atoms with Crippen molar-refractivity contribution in [2.45, 2.75) is 38.1 Å². The minimum atomic E-state index is -0.724. The Balaban J connectivity index is 3.05. The van der Waals surface area contributed by atoms with Crippen LogP contribution in [0.1, 0.15) is 32.1 Å². The lowest BCUT2D eigenvalue weighted by Crippen LogP contribution is -2.29. The van der Waals surface area contributed by atoms with Crippen LogP contribution in [0, 0.1) is 0 Å². The highest BCUT2D eigenvalue weighted by Gasteiger charge is 2.00. The molecular weight excluding hydrogens is 156 g/mol. The van der Waals surface area contributed by atoms with Gasteiger partial charge in [0.2, 0.25) is 0 Å². The average Bonchev–Trinajstić information content (AvgIpc) is 2.03. The lowest BCUT2D eigenvalue weighted by atomic mass is 10.1. The van der Waals surface area contributed by atoms with Gasteiger partial charge in [0, 0.05) is 19.0 Å². The summed E-state index contributed by atoms with van der Waals surface area (Å²) in [4.78, 5) is 10.1. The van der Waals surface area contributed by atoms with Gasteiger partial charge in [0.1, 0.15) is 0 Å². The molecule has 4 nitrogen and oxygen atoms in total. The molecule has 0 spiro atoms. The summed E-state index contributed by atoms with van der Waals surface area (Å²) in [5.74, 6) is -0.724. The fraction of sp³-hybridized carbons (Fsp3) is 0.875. The Morgan fingerprint density at radius 1 is 1.33 bits per heavy atom. The molecule has 12 heavy (non-hydrogen) atoms. The number of nitrogens with two attached hydrogens (primary N) is 2. The Morgan fingerprint density at radius 2 is 2.00 bits per heavy atom. The first-order chi connectivity index (χ1) is 5.66. The topological polar surface area (TPSA) is 89.3 Å². The van der Waals surface area contributed by atoms with Gasteiger partial charge in [-0.05, 0) is 12.8 Å². The van der Waals surface area contributed by atoms with Crippen molar-refractivity contribution in [2.24, 2.45) is 11.5 Å². The molecule has 0 amide bonds. The van der Waals surface area contributed by atoms with Gasteiger partial charge in [-0.15, -0.1) is 0 Å². The second-order valence-corrected chi connectivity index (χ2v) is 2.99. The molecule has 4 heteroatoms. The van der Waals surface area contributed by atoms with Crippen LogP contribution in [0.15, 0.2) is 0 Å². The highest BCUT2D eigenvalue weighted by molar-refractivity contribution is 5.66. The first-order valence-corrected chi connectivity index (χ1v) is 4.34. The summed E-state index contributed by atoms with van der Waals surface area (Å²) in [6, 6.07) is 0.0785. The third-order valence-electron chi connectivity index (χ3n) is 1.77. The molecule has 0 saturated carbocycles. The van der Waals surface area contributed by atoms with Crippen molar-refractivity contribution in [1.82, 2.24) is 0 Å². The van der Waals surface area contributed by atoms with E-state index in [0.29, 0.717) is 6.54 Å². The molecule has 0 rings (SSSR count). The third-order valence-corrected chi connectivity index (χ3v) is 1.77. The summed E-state index contributed by atoms with van der Waals surface area (Å²) in [5, 5.41) is 8.32. The second-order valence-electron chi connectivity index (χ2n) is 2.99. The van der Waals surface area contributed by atoms with Gasteiger partial charge < -0.3 is 16.6 Å². The normalized spacial score (nSPS) is 12.8. The van der Waals surface area contributed by atoms with E-state index in [2.05, 4.69) is 0 Å². The summed E-state index contributed by atoms with van der Waals surface area (Å²) < 4.78 is 0. The van der Waals surface area contributed by atoms with Gasteiger partial charge in [-0.3, -0.25) is 4.79 Å². The predicted octanol–water partition coefficient (Wildman–Crippen LogP) is 0.307. The summed E-state index contributed by atoms with van der Waals surface area (Å²) in [7, 11) is 0. The van der Waals surface area contributed by atoms with Crippen molar-refractivity contribution >= 4 is 5.97 Å². The molecule has 0 fully saturated rings. The molecule has 0 saturated heterocycles. The monoisotopic (exact) mass is 174 g/mol. The number of rotatable bonds is 7. The van der Waals surface area contributed by atoms with Crippen molar-refractivity contribution < 1.29 is 9.90 Å². The van der Waals surface area contributed by atoms with E-state index in [9.17, 15) is 4.79 Å². The standard InChI is InChI=1S/C8H18N2O2/c9-6-7(10)4-2-1-3-5-8(11)12/h7H,1-6,9-10H2,(H,11,12)/t7-/m1/s1. The van der Waals surface area contributed by atoms with Crippen LogP contribution in [0.5, 0.6) is 0 Å². The molecule has 1 atom stereocenters. The molecular formula is C8H18N2O2.